The van der Waals surface area contributed by atoms with Gasteiger partial charge >= 0.3 is 0 Å². The number of hydrogen-bond donors (Lipinski definition) is 1. The summed E-state index contributed by atoms with van der Waals surface area (Å²) >= 11 is 12.0. The molecule has 1 fully saturated rings. The Labute approximate surface area is 143 Å². The third-order valence-corrected chi connectivity index (χ3v) is 4.75. The highest BCUT2D eigenvalue weighted by Crippen LogP contribution is 2.27. The predicted octanol–water partition coefficient (Wildman–Crippen LogP) is 4.41. The molecule has 1 aromatic heterocycles. The van der Waals surface area contributed by atoms with Crippen molar-refractivity contribution < 1.29 is 9.21 Å². The van der Waals surface area contributed by atoms with Crippen molar-refractivity contribution in [3.05, 3.63) is 44.2 Å². The van der Waals surface area contributed by atoms with E-state index in [9.17, 15) is 9.59 Å². The lowest BCUT2D eigenvalue weighted by Gasteiger charge is -2.21. The molecule has 0 aliphatic heterocycles. The SMILES string of the molecule is O=C(NCC1CCCCC1)c1cc(=O)c2cc(Cl)cc(Cl)c2o1. The molecule has 1 aromatic carbocycles. The monoisotopic (exact) mass is 353 g/mol. The molecule has 1 N–H and O–H groups in total. The Kier molecular flexibility index (Phi) is 4.93. The molecule has 0 radical (unpaired) electrons. The number of carbonyl (C=O) groups excluding carboxylic acids is 1. The maximum Gasteiger partial charge on any atom is 0.287 e. The summed E-state index contributed by atoms with van der Waals surface area (Å²) in [6.45, 7) is 0.606. The summed E-state index contributed by atoms with van der Waals surface area (Å²) in [6.07, 6.45) is 5.95. The minimum absolute atomic E-state index is 0.0254. The van der Waals surface area contributed by atoms with Crippen molar-refractivity contribution in [2.45, 2.75) is 32.1 Å². The van der Waals surface area contributed by atoms with Crippen LogP contribution in [0.15, 0.2) is 27.4 Å². The molecule has 1 aliphatic rings. The topological polar surface area (TPSA) is 59.3 Å². The lowest BCUT2D eigenvalue weighted by Crippen LogP contribution is -2.30. The molecule has 1 saturated carbocycles. The summed E-state index contributed by atoms with van der Waals surface area (Å²) in [7, 11) is 0. The Morgan fingerprint density at radius 2 is 1.91 bits per heavy atom. The zero-order chi connectivity index (χ0) is 16.4. The van der Waals surface area contributed by atoms with Crippen molar-refractivity contribution in [2.24, 2.45) is 5.92 Å². The molecule has 1 aliphatic carbocycles. The fourth-order valence-electron chi connectivity index (χ4n) is 3.01. The van der Waals surface area contributed by atoms with Gasteiger partial charge in [0, 0.05) is 17.6 Å². The molecule has 0 unspecified atom stereocenters. The first kappa shape index (κ1) is 16.3. The van der Waals surface area contributed by atoms with Gasteiger partial charge < -0.3 is 9.73 Å². The normalized spacial score (nSPS) is 15.7. The van der Waals surface area contributed by atoms with Crippen molar-refractivity contribution in [3.8, 4) is 0 Å². The fraction of sp³-hybridized carbons (Fsp3) is 0.412. The second kappa shape index (κ2) is 6.93. The Balaban J connectivity index is 1.82. The lowest BCUT2D eigenvalue weighted by atomic mass is 9.89. The molecule has 1 amide bonds. The van der Waals surface area contributed by atoms with E-state index in [1.165, 1.54) is 37.5 Å². The second-order valence-electron chi connectivity index (χ2n) is 5.95. The van der Waals surface area contributed by atoms with Crippen molar-refractivity contribution in [2.75, 3.05) is 6.54 Å². The number of fused-ring (bicyclic) bond motifs is 1. The molecule has 0 atom stereocenters. The second-order valence-corrected chi connectivity index (χ2v) is 6.80. The predicted molar refractivity (Wildman–Crippen MR) is 91.4 cm³/mol. The summed E-state index contributed by atoms with van der Waals surface area (Å²) in [5.41, 5.74) is -0.148. The number of carbonyl (C=O) groups is 1. The van der Waals surface area contributed by atoms with E-state index >= 15 is 0 Å². The molecular formula is C17H17Cl2NO3. The average molecular weight is 354 g/mol. The van der Waals surface area contributed by atoms with E-state index in [0.717, 1.165) is 12.8 Å². The van der Waals surface area contributed by atoms with Gasteiger partial charge in [0.15, 0.2) is 16.8 Å². The minimum atomic E-state index is -0.388. The number of rotatable bonds is 3. The van der Waals surface area contributed by atoms with Gasteiger partial charge in [0.2, 0.25) is 0 Å². The standard InChI is InChI=1S/C17H17Cl2NO3/c18-11-6-12-14(21)8-15(23-16(12)13(19)7-11)17(22)20-9-10-4-2-1-3-5-10/h6-8,10H,1-5,9H2,(H,20,22). The first-order valence-corrected chi connectivity index (χ1v) is 8.51. The molecule has 0 bridgehead atoms. The number of benzene rings is 1. The number of amides is 1. The molecule has 0 saturated heterocycles. The third-order valence-electron chi connectivity index (χ3n) is 4.25. The first-order valence-electron chi connectivity index (χ1n) is 7.75. The van der Waals surface area contributed by atoms with Crippen LogP contribution in [-0.2, 0) is 0 Å². The van der Waals surface area contributed by atoms with Crippen LogP contribution in [0.3, 0.4) is 0 Å². The van der Waals surface area contributed by atoms with Crippen molar-refractivity contribution in [3.63, 3.8) is 0 Å². The fourth-order valence-corrected chi connectivity index (χ4v) is 3.54. The summed E-state index contributed by atoms with van der Waals surface area (Å²) < 4.78 is 5.53. The first-order chi connectivity index (χ1) is 11.0. The highest BCUT2D eigenvalue weighted by Gasteiger charge is 2.18. The van der Waals surface area contributed by atoms with Crippen LogP contribution in [0.4, 0.5) is 0 Å². The van der Waals surface area contributed by atoms with E-state index in [-0.39, 0.29) is 33.1 Å². The van der Waals surface area contributed by atoms with E-state index in [1.807, 2.05) is 0 Å². The van der Waals surface area contributed by atoms with Crippen LogP contribution >= 0.6 is 23.2 Å². The zero-order valence-corrected chi connectivity index (χ0v) is 14.0. The number of hydrogen-bond acceptors (Lipinski definition) is 3. The molecule has 122 valence electrons. The molecule has 3 rings (SSSR count). The zero-order valence-electron chi connectivity index (χ0n) is 12.5. The van der Waals surface area contributed by atoms with Gasteiger partial charge in [-0.05, 0) is 30.9 Å². The summed E-state index contributed by atoms with van der Waals surface area (Å²) in [5.74, 6) is 0.0883. The van der Waals surface area contributed by atoms with Crippen molar-refractivity contribution in [1.82, 2.24) is 5.32 Å². The van der Waals surface area contributed by atoms with Gasteiger partial charge in [-0.3, -0.25) is 9.59 Å². The van der Waals surface area contributed by atoms with E-state index < -0.39 is 0 Å². The van der Waals surface area contributed by atoms with E-state index in [4.69, 9.17) is 27.6 Å². The van der Waals surface area contributed by atoms with Gasteiger partial charge in [-0.15, -0.1) is 0 Å². The lowest BCUT2D eigenvalue weighted by molar-refractivity contribution is 0.0916. The third kappa shape index (κ3) is 3.70. The Bertz CT molecular complexity index is 794. The highest BCUT2D eigenvalue weighted by molar-refractivity contribution is 6.38. The molecule has 4 nitrogen and oxygen atoms in total. The van der Waals surface area contributed by atoms with Crippen LogP contribution in [0, 0.1) is 5.92 Å². The molecule has 23 heavy (non-hydrogen) atoms. The van der Waals surface area contributed by atoms with Crippen LogP contribution < -0.4 is 10.7 Å². The Hall–Kier alpha value is -1.52. The quantitative estimate of drug-likeness (QED) is 0.888. The van der Waals surface area contributed by atoms with Crippen LogP contribution in [0.1, 0.15) is 42.7 Å². The van der Waals surface area contributed by atoms with E-state index in [2.05, 4.69) is 5.32 Å². The summed E-state index contributed by atoms with van der Waals surface area (Å²) in [5, 5.41) is 3.69. The van der Waals surface area contributed by atoms with Crippen LogP contribution in [0.25, 0.3) is 11.0 Å². The Morgan fingerprint density at radius 3 is 2.65 bits per heavy atom. The maximum absolute atomic E-state index is 12.2. The van der Waals surface area contributed by atoms with Crippen LogP contribution in [0.2, 0.25) is 10.0 Å². The molecular weight excluding hydrogens is 337 g/mol. The minimum Gasteiger partial charge on any atom is -0.449 e. The number of nitrogens with one attached hydrogen (secondary N) is 1. The van der Waals surface area contributed by atoms with Gasteiger partial charge in [0.1, 0.15) is 0 Å². The smallest absolute Gasteiger partial charge is 0.287 e. The van der Waals surface area contributed by atoms with Gasteiger partial charge in [0.05, 0.1) is 10.4 Å². The van der Waals surface area contributed by atoms with Crippen molar-refractivity contribution >= 4 is 40.1 Å². The van der Waals surface area contributed by atoms with E-state index in [0.29, 0.717) is 17.5 Å². The van der Waals surface area contributed by atoms with Crippen LogP contribution in [0.5, 0.6) is 0 Å². The highest BCUT2D eigenvalue weighted by atomic mass is 35.5. The maximum atomic E-state index is 12.2. The van der Waals surface area contributed by atoms with Gasteiger partial charge in [0.25, 0.3) is 5.91 Å². The molecule has 6 heteroatoms. The van der Waals surface area contributed by atoms with Crippen molar-refractivity contribution in [1.29, 1.82) is 0 Å². The van der Waals surface area contributed by atoms with Gasteiger partial charge in [-0.2, -0.15) is 0 Å². The molecule has 1 heterocycles. The Morgan fingerprint density at radius 1 is 1.17 bits per heavy atom. The summed E-state index contributed by atoms with van der Waals surface area (Å²) in [4.78, 5) is 24.4. The van der Waals surface area contributed by atoms with Gasteiger partial charge in [-0.1, -0.05) is 42.5 Å². The number of halogens is 2. The molecule has 2 aromatic rings. The van der Waals surface area contributed by atoms with Gasteiger partial charge in [-0.25, -0.2) is 0 Å². The molecule has 0 spiro atoms. The summed E-state index contributed by atoms with van der Waals surface area (Å²) in [6, 6.07) is 4.15. The van der Waals surface area contributed by atoms with Crippen LogP contribution in [-0.4, -0.2) is 12.5 Å². The van der Waals surface area contributed by atoms with E-state index in [1.54, 1.807) is 0 Å². The largest absolute Gasteiger partial charge is 0.449 e. The average Bonchev–Trinajstić information content (AvgIpc) is 2.54.